The van der Waals surface area contributed by atoms with Crippen LogP contribution in [-0.2, 0) is 14.8 Å². The number of nitrogens with zero attached hydrogens (tertiary/aromatic N) is 1. The van der Waals surface area contributed by atoms with Gasteiger partial charge in [-0.1, -0.05) is 0 Å². The van der Waals surface area contributed by atoms with Crippen molar-refractivity contribution in [2.45, 2.75) is 23.8 Å². The van der Waals surface area contributed by atoms with Gasteiger partial charge >= 0.3 is 0 Å². The lowest BCUT2D eigenvalue weighted by Crippen LogP contribution is -2.30. The minimum Gasteiger partial charge on any atom is -0.397 e. The van der Waals surface area contributed by atoms with Crippen LogP contribution < -0.4 is 15.8 Å². The summed E-state index contributed by atoms with van der Waals surface area (Å²) in [6.45, 7) is 1.34. The Morgan fingerprint density at radius 3 is 2.58 bits per heavy atom. The van der Waals surface area contributed by atoms with Crippen molar-refractivity contribution in [1.29, 1.82) is 0 Å². The third-order valence-corrected chi connectivity index (χ3v) is 4.07. The molecule has 1 aliphatic rings. The molecule has 0 unspecified atom stereocenters. The fourth-order valence-corrected chi connectivity index (χ4v) is 2.60. The summed E-state index contributed by atoms with van der Waals surface area (Å²) < 4.78 is 27.6. The van der Waals surface area contributed by atoms with Crippen LogP contribution in [0.25, 0.3) is 0 Å². The summed E-state index contributed by atoms with van der Waals surface area (Å²) in [5.74, 6) is 0. The van der Waals surface area contributed by atoms with E-state index >= 15 is 0 Å². The molecule has 6 nitrogen and oxygen atoms in total. The molecule has 1 aromatic rings. The fourth-order valence-electron chi connectivity index (χ4n) is 2.05. The van der Waals surface area contributed by atoms with Gasteiger partial charge in [-0.15, -0.1) is 0 Å². The zero-order chi connectivity index (χ0) is 14.0. The molecule has 2 rings (SSSR count). The van der Waals surface area contributed by atoms with Gasteiger partial charge < -0.3 is 15.4 Å². The number of hydrogen-bond donors (Lipinski definition) is 2. The number of rotatable bonds is 6. The van der Waals surface area contributed by atoms with Crippen LogP contribution in [0.1, 0.15) is 12.8 Å². The molecular formula is C12H19N3O3S. The molecule has 0 saturated heterocycles. The zero-order valence-corrected chi connectivity index (χ0v) is 11.7. The molecule has 0 heterocycles. The lowest BCUT2D eigenvalue weighted by molar-refractivity contribution is 0.205. The number of methoxy groups -OCH3 is 1. The summed E-state index contributed by atoms with van der Waals surface area (Å²) >= 11 is 0. The average Bonchev–Trinajstić information content (AvgIpc) is 3.14. The molecule has 0 aromatic heterocycles. The summed E-state index contributed by atoms with van der Waals surface area (Å²) in [7, 11) is -2.06. The molecule has 7 heteroatoms. The Labute approximate surface area is 113 Å². The first-order valence-corrected chi connectivity index (χ1v) is 7.66. The lowest BCUT2D eigenvalue weighted by Gasteiger charge is -2.26. The van der Waals surface area contributed by atoms with Crippen molar-refractivity contribution in [3.63, 3.8) is 0 Å². The molecule has 1 aromatic carbocycles. The second-order valence-electron chi connectivity index (χ2n) is 4.68. The molecule has 4 N–H and O–H groups in total. The predicted octanol–water partition coefficient (Wildman–Crippen LogP) is 0.531. The van der Waals surface area contributed by atoms with E-state index in [1.807, 2.05) is 0 Å². The van der Waals surface area contributed by atoms with Crippen molar-refractivity contribution >= 4 is 21.4 Å². The number of sulfonamides is 1. The average molecular weight is 285 g/mol. The Morgan fingerprint density at radius 1 is 1.42 bits per heavy atom. The van der Waals surface area contributed by atoms with E-state index in [1.54, 1.807) is 13.2 Å². The Balaban J connectivity index is 2.28. The molecule has 0 aliphatic heterocycles. The van der Waals surface area contributed by atoms with Gasteiger partial charge in [-0.2, -0.15) is 0 Å². The number of hydrogen-bond acceptors (Lipinski definition) is 5. The minimum absolute atomic E-state index is 0.0382. The number of primary sulfonamides is 1. The molecule has 0 bridgehead atoms. The number of nitrogen functional groups attached to an aromatic ring is 1. The van der Waals surface area contributed by atoms with E-state index < -0.39 is 10.0 Å². The number of ether oxygens (including phenoxy) is 1. The molecule has 1 fully saturated rings. The van der Waals surface area contributed by atoms with Crippen LogP contribution in [0, 0.1) is 0 Å². The molecule has 1 aliphatic carbocycles. The highest BCUT2D eigenvalue weighted by Gasteiger charge is 2.30. The van der Waals surface area contributed by atoms with E-state index in [0.29, 0.717) is 18.3 Å². The summed E-state index contributed by atoms with van der Waals surface area (Å²) in [6.07, 6.45) is 2.25. The predicted molar refractivity (Wildman–Crippen MR) is 74.5 cm³/mol. The Bertz CT molecular complexity index is 555. The Morgan fingerprint density at radius 2 is 2.11 bits per heavy atom. The van der Waals surface area contributed by atoms with Crippen LogP contribution in [0.5, 0.6) is 0 Å². The van der Waals surface area contributed by atoms with Gasteiger partial charge in [-0.25, -0.2) is 13.6 Å². The topological polar surface area (TPSA) is 98.6 Å². The normalized spacial score (nSPS) is 15.5. The summed E-state index contributed by atoms with van der Waals surface area (Å²) in [6, 6.07) is 5.08. The minimum atomic E-state index is -3.71. The van der Waals surface area contributed by atoms with Crippen LogP contribution in [0.15, 0.2) is 23.1 Å². The quantitative estimate of drug-likeness (QED) is 0.743. The van der Waals surface area contributed by atoms with Crippen molar-refractivity contribution in [2.75, 3.05) is 30.9 Å². The summed E-state index contributed by atoms with van der Waals surface area (Å²) in [5, 5.41) is 5.09. The maximum absolute atomic E-state index is 11.3. The van der Waals surface area contributed by atoms with E-state index in [2.05, 4.69) is 4.90 Å². The molecule has 19 heavy (non-hydrogen) atoms. The second kappa shape index (κ2) is 5.36. The maximum atomic E-state index is 11.3. The molecule has 106 valence electrons. The van der Waals surface area contributed by atoms with E-state index in [-0.39, 0.29) is 4.90 Å². The molecule has 1 saturated carbocycles. The molecular weight excluding hydrogens is 266 g/mol. The molecule has 0 amide bonds. The van der Waals surface area contributed by atoms with Crippen LogP contribution >= 0.6 is 0 Å². The van der Waals surface area contributed by atoms with Crippen molar-refractivity contribution in [2.24, 2.45) is 5.14 Å². The third-order valence-electron chi connectivity index (χ3n) is 3.16. The number of nitrogens with two attached hydrogens (primary N) is 2. The largest absolute Gasteiger partial charge is 0.397 e. The number of anilines is 2. The smallest absolute Gasteiger partial charge is 0.238 e. The van der Waals surface area contributed by atoms with E-state index in [9.17, 15) is 8.42 Å². The number of benzene rings is 1. The molecule has 0 atom stereocenters. The van der Waals surface area contributed by atoms with Gasteiger partial charge in [-0.05, 0) is 31.0 Å². The van der Waals surface area contributed by atoms with Crippen molar-refractivity contribution in [3.8, 4) is 0 Å². The van der Waals surface area contributed by atoms with Gasteiger partial charge in [0.2, 0.25) is 10.0 Å². The highest BCUT2D eigenvalue weighted by Crippen LogP contribution is 2.35. The van der Waals surface area contributed by atoms with Crippen LogP contribution in [0.4, 0.5) is 11.4 Å². The van der Waals surface area contributed by atoms with Crippen molar-refractivity contribution in [3.05, 3.63) is 18.2 Å². The summed E-state index contributed by atoms with van der Waals surface area (Å²) in [5.41, 5.74) is 7.22. The van der Waals surface area contributed by atoms with Crippen LogP contribution in [0.3, 0.4) is 0 Å². The fraction of sp³-hybridized carbons (Fsp3) is 0.500. The van der Waals surface area contributed by atoms with E-state index in [1.165, 1.54) is 12.1 Å². The van der Waals surface area contributed by atoms with Crippen LogP contribution in [0.2, 0.25) is 0 Å². The highest BCUT2D eigenvalue weighted by molar-refractivity contribution is 7.89. The third kappa shape index (κ3) is 3.37. The first-order valence-electron chi connectivity index (χ1n) is 6.11. The lowest BCUT2D eigenvalue weighted by atomic mass is 10.2. The SMILES string of the molecule is COCCN(c1ccc(S(N)(=O)=O)cc1N)C1CC1. The Kier molecular flexibility index (Phi) is 3.98. The van der Waals surface area contributed by atoms with E-state index in [0.717, 1.165) is 25.1 Å². The highest BCUT2D eigenvalue weighted by atomic mass is 32.2. The first-order chi connectivity index (χ1) is 8.93. The molecule has 0 radical (unpaired) electrons. The maximum Gasteiger partial charge on any atom is 0.238 e. The van der Waals surface area contributed by atoms with Crippen molar-refractivity contribution < 1.29 is 13.2 Å². The van der Waals surface area contributed by atoms with Crippen LogP contribution in [-0.4, -0.2) is 34.7 Å². The molecule has 0 spiro atoms. The van der Waals surface area contributed by atoms with Gasteiger partial charge in [0.1, 0.15) is 0 Å². The van der Waals surface area contributed by atoms with Gasteiger partial charge in [0.25, 0.3) is 0 Å². The van der Waals surface area contributed by atoms with Gasteiger partial charge in [0, 0.05) is 19.7 Å². The van der Waals surface area contributed by atoms with Gasteiger partial charge in [0.05, 0.1) is 22.9 Å². The zero-order valence-electron chi connectivity index (χ0n) is 10.9. The summed E-state index contributed by atoms with van der Waals surface area (Å²) in [4.78, 5) is 2.20. The van der Waals surface area contributed by atoms with Crippen molar-refractivity contribution in [1.82, 2.24) is 0 Å². The van der Waals surface area contributed by atoms with E-state index in [4.69, 9.17) is 15.6 Å². The van der Waals surface area contributed by atoms with Gasteiger partial charge in [-0.3, -0.25) is 0 Å². The standard InChI is InChI=1S/C12H19N3O3S/c1-18-7-6-15(9-2-3-9)12-5-4-10(8-11(12)13)19(14,16)17/h4-5,8-9H,2-3,6-7,13H2,1H3,(H2,14,16,17). The second-order valence-corrected chi connectivity index (χ2v) is 6.24. The Hall–Kier alpha value is -1.31. The van der Waals surface area contributed by atoms with Gasteiger partial charge in [0.15, 0.2) is 0 Å². The first kappa shape index (κ1) is 14.1. The monoisotopic (exact) mass is 285 g/mol.